The van der Waals surface area contributed by atoms with E-state index in [1.165, 1.54) is 18.0 Å². The topological polar surface area (TPSA) is 83.1 Å². The zero-order valence-electron chi connectivity index (χ0n) is 22.8. The van der Waals surface area contributed by atoms with Gasteiger partial charge in [0.15, 0.2) is 0 Å². The number of aromatic nitrogens is 2. The molecular weight excluding hydrogens is 483 g/mol. The highest BCUT2D eigenvalue weighted by molar-refractivity contribution is 5.71. The summed E-state index contributed by atoms with van der Waals surface area (Å²) in [6, 6.07) is 3.34. The molecule has 0 atom stereocenters. The van der Waals surface area contributed by atoms with Gasteiger partial charge in [-0.15, -0.1) is 0 Å². The number of hydrogen-bond donors (Lipinski definition) is 1. The van der Waals surface area contributed by atoms with Crippen LogP contribution in [0.4, 0.5) is 13.2 Å². The van der Waals surface area contributed by atoms with Gasteiger partial charge in [-0.1, -0.05) is 27.2 Å². The zero-order chi connectivity index (χ0) is 28.2. The largest absolute Gasteiger partial charge is 0.507 e. The van der Waals surface area contributed by atoms with Crippen LogP contribution in [-0.2, 0) is 11.0 Å². The van der Waals surface area contributed by atoms with Gasteiger partial charge in [0.25, 0.3) is 0 Å². The average molecular weight is 524 g/mol. The Morgan fingerprint density at radius 3 is 2.30 bits per heavy atom. The van der Waals surface area contributed by atoms with Crippen LogP contribution in [0.2, 0.25) is 0 Å². The van der Waals surface area contributed by atoms with Crippen LogP contribution in [-0.4, -0.2) is 59.4 Å². The molecule has 0 radical (unpaired) electrons. The molecule has 1 heterocycles. The Balaban J connectivity index is 0.000000735. The van der Waals surface area contributed by atoms with Crippen molar-refractivity contribution < 1.29 is 23.1 Å². The summed E-state index contributed by atoms with van der Waals surface area (Å²) in [6.45, 7) is 15.0. The van der Waals surface area contributed by atoms with E-state index in [9.17, 15) is 23.1 Å². The van der Waals surface area contributed by atoms with Crippen LogP contribution < -0.4 is 5.62 Å². The van der Waals surface area contributed by atoms with Gasteiger partial charge in [-0.2, -0.15) is 18.3 Å². The molecule has 1 N–H and O–H groups in total. The molecule has 0 spiro atoms. The van der Waals surface area contributed by atoms with Gasteiger partial charge in [-0.05, 0) is 70.5 Å². The van der Waals surface area contributed by atoms with Crippen molar-refractivity contribution in [3.05, 3.63) is 40.6 Å². The molecule has 0 amide bonds. The maximum absolute atomic E-state index is 13.0. The third kappa shape index (κ3) is 9.42. The first-order valence-electron chi connectivity index (χ1n) is 12.6. The van der Waals surface area contributed by atoms with E-state index in [1.54, 1.807) is 13.0 Å². The summed E-state index contributed by atoms with van der Waals surface area (Å²) in [5.41, 5.74) is 0.837. The summed E-state index contributed by atoms with van der Waals surface area (Å²) < 4.78 is 40.5. The van der Waals surface area contributed by atoms with E-state index in [2.05, 4.69) is 33.6 Å². The second-order valence-corrected chi connectivity index (χ2v) is 8.73. The van der Waals surface area contributed by atoms with E-state index < -0.39 is 17.5 Å². The normalized spacial score (nSPS) is 13.7. The molecule has 3 rings (SSSR count). The lowest BCUT2D eigenvalue weighted by molar-refractivity contribution is -0.137. The van der Waals surface area contributed by atoms with Crippen molar-refractivity contribution in [3.63, 3.8) is 0 Å². The minimum absolute atomic E-state index is 0.233. The number of benzene rings is 1. The quantitative estimate of drug-likeness (QED) is 0.360. The smallest absolute Gasteiger partial charge is 0.416 e. The monoisotopic (exact) mass is 523 g/mol. The van der Waals surface area contributed by atoms with Crippen molar-refractivity contribution in [2.24, 2.45) is 16.0 Å². The third-order valence-corrected chi connectivity index (χ3v) is 5.81. The molecule has 1 saturated carbocycles. The molecular formula is C27H40F3N5O2. The maximum atomic E-state index is 13.0. The molecule has 1 aliphatic carbocycles. The minimum Gasteiger partial charge on any atom is -0.507 e. The Morgan fingerprint density at radius 1 is 1.22 bits per heavy atom. The molecule has 1 aromatic heterocycles. The Bertz CT molecular complexity index is 1070. The number of rotatable bonds is 8. The number of hydrogen-bond acceptors (Lipinski definition) is 6. The van der Waals surface area contributed by atoms with E-state index in [4.69, 9.17) is 0 Å². The lowest BCUT2D eigenvalue weighted by Crippen LogP contribution is -2.27. The summed E-state index contributed by atoms with van der Waals surface area (Å²) in [4.78, 5) is 20.8. The first kappa shape index (κ1) is 32.0. The molecule has 0 bridgehead atoms. The molecule has 0 aliphatic heterocycles. The summed E-state index contributed by atoms with van der Waals surface area (Å²) >= 11 is 0. The number of likely N-dealkylation sites (N-methyl/N-ethyl adjacent to an activating group) is 1. The van der Waals surface area contributed by atoms with Crippen LogP contribution in [0.25, 0.3) is 11.3 Å². The van der Waals surface area contributed by atoms with Gasteiger partial charge in [0.05, 0.1) is 17.8 Å². The van der Waals surface area contributed by atoms with Crippen LogP contribution >= 0.6 is 0 Å². The van der Waals surface area contributed by atoms with Gasteiger partial charge >= 0.3 is 6.18 Å². The van der Waals surface area contributed by atoms with Crippen molar-refractivity contribution in [2.75, 3.05) is 26.7 Å². The predicted molar refractivity (Wildman–Crippen MR) is 142 cm³/mol. The van der Waals surface area contributed by atoms with Crippen molar-refractivity contribution >= 4 is 13.0 Å². The first-order valence-corrected chi connectivity index (χ1v) is 12.6. The fourth-order valence-electron chi connectivity index (χ4n) is 3.66. The Hall–Kier alpha value is -3.01. The number of carbonyl (C=O) groups excluding carboxylic acids is 1. The molecule has 0 saturated heterocycles. The number of nitrogens with zero attached hydrogens (tertiary/aromatic N) is 5. The first-order chi connectivity index (χ1) is 17.5. The fourth-order valence-corrected chi connectivity index (χ4v) is 3.66. The predicted octanol–water partition coefficient (Wildman–Crippen LogP) is 5.61. The van der Waals surface area contributed by atoms with Gasteiger partial charge < -0.3 is 14.8 Å². The van der Waals surface area contributed by atoms with E-state index >= 15 is 0 Å². The number of alkyl halides is 3. The number of aryl methyl sites for hydroxylation is 2. The number of halogens is 3. The number of aldehydes is 1. The number of carbonyl (C=O) groups is 1. The van der Waals surface area contributed by atoms with Crippen molar-refractivity contribution in [1.29, 1.82) is 0 Å². The lowest BCUT2D eigenvalue weighted by atomic mass is 9.87. The van der Waals surface area contributed by atoms with Gasteiger partial charge in [-0.3, -0.25) is 0 Å². The second kappa shape index (κ2) is 15.3. The zero-order valence-corrected chi connectivity index (χ0v) is 22.8. The lowest BCUT2D eigenvalue weighted by Gasteiger charge is -2.17. The number of aromatic hydroxyl groups is 1. The van der Waals surface area contributed by atoms with E-state index in [1.807, 2.05) is 20.9 Å². The highest BCUT2D eigenvalue weighted by Gasteiger charge is 2.32. The Kier molecular flexibility index (Phi) is 13.2. The summed E-state index contributed by atoms with van der Waals surface area (Å²) in [5, 5.41) is 14.2. The molecule has 1 aromatic carbocycles. The third-order valence-electron chi connectivity index (χ3n) is 5.81. The molecule has 37 heavy (non-hydrogen) atoms. The molecule has 1 aliphatic rings. The van der Waals surface area contributed by atoms with Crippen LogP contribution in [0.1, 0.15) is 63.3 Å². The fraction of sp³-hybridized carbons (Fsp3) is 0.556. The highest BCUT2D eigenvalue weighted by Crippen LogP contribution is 2.38. The second-order valence-electron chi connectivity index (χ2n) is 8.73. The maximum Gasteiger partial charge on any atom is 0.416 e. The minimum atomic E-state index is -4.54. The summed E-state index contributed by atoms with van der Waals surface area (Å²) in [7, 11) is 2.00. The molecule has 2 aromatic rings. The van der Waals surface area contributed by atoms with Crippen LogP contribution in [0.5, 0.6) is 5.75 Å². The van der Waals surface area contributed by atoms with Crippen molar-refractivity contribution in [2.45, 2.75) is 66.5 Å². The summed E-state index contributed by atoms with van der Waals surface area (Å²) in [5.74, 6) is -0.0489. The van der Waals surface area contributed by atoms with E-state index in [0.29, 0.717) is 29.9 Å². The SMILES string of the molecule is C=Nn1c(C)cc(-c2c(C)cc(C(F)(F)F)cc2O)nc1=NCCN(C)CCC.CC.O=CC1CCC1. The van der Waals surface area contributed by atoms with Crippen LogP contribution in [0.3, 0.4) is 0 Å². The van der Waals surface area contributed by atoms with Gasteiger partial charge in [0, 0.05) is 30.4 Å². The van der Waals surface area contributed by atoms with Gasteiger partial charge in [-0.25, -0.2) is 14.7 Å². The van der Waals surface area contributed by atoms with Gasteiger partial charge in [0.1, 0.15) is 12.0 Å². The molecule has 206 valence electrons. The van der Waals surface area contributed by atoms with Crippen LogP contribution in [0, 0.1) is 19.8 Å². The van der Waals surface area contributed by atoms with E-state index in [0.717, 1.165) is 44.7 Å². The molecule has 1 fully saturated rings. The summed E-state index contributed by atoms with van der Waals surface area (Å²) in [6.07, 6.45) is 1.10. The Labute approximate surface area is 217 Å². The average Bonchev–Trinajstić information content (AvgIpc) is 2.79. The molecule has 7 nitrogen and oxygen atoms in total. The molecule has 10 heteroatoms. The van der Waals surface area contributed by atoms with Crippen molar-refractivity contribution in [3.8, 4) is 17.0 Å². The number of phenolic OH excluding ortho intramolecular Hbond substituents is 1. The van der Waals surface area contributed by atoms with Crippen LogP contribution in [0.15, 0.2) is 28.3 Å². The van der Waals surface area contributed by atoms with Gasteiger partial charge in [0.2, 0.25) is 5.62 Å². The highest BCUT2D eigenvalue weighted by atomic mass is 19.4. The van der Waals surface area contributed by atoms with E-state index in [-0.39, 0.29) is 16.7 Å². The Morgan fingerprint density at radius 2 is 1.86 bits per heavy atom. The molecule has 0 unspecified atom stereocenters. The van der Waals surface area contributed by atoms with Crippen molar-refractivity contribution in [1.82, 2.24) is 14.6 Å². The standard InChI is InChI=1S/C20H26F3N5O.C5H8O.C2H6/c1-6-8-27(5)9-7-25-19-26-16(11-14(3)28(19)24-4)18-13(2)10-15(12-17(18)29)20(21,22)23;6-4-5-2-1-3-5;1-2/h10-12,29H,4,6-9H2,1-3,5H3;4-5H,1-3H2;1-2H3. The number of phenols is 1.